The topological polar surface area (TPSA) is 57.9 Å². The molecule has 0 amide bonds. The van der Waals surface area contributed by atoms with E-state index in [1.165, 1.54) is 0 Å². The molecule has 0 fully saturated rings. The molecule has 0 unspecified atom stereocenters. The molecule has 0 atom stereocenters. The van der Waals surface area contributed by atoms with Gasteiger partial charge >= 0.3 is 0 Å². The van der Waals surface area contributed by atoms with E-state index in [1.54, 1.807) is 12.1 Å². The summed E-state index contributed by atoms with van der Waals surface area (Å²) in [6.07, 6.45) is 3.93. The average molecular weight is 305 g/mol. The van der Waals surface area contributed by atoms with Gasteiger partial charge in [-0.15, -0.1) is 0 Å². The van der Waals surface area contributed by atoms with Gasteiger partial charge in [-0.3, -0.25) is 0 Å². The second kappa shape index (κ2) is 7.81. The predicted molar refractivity (Wildman–Crippen MR) is 93.7 cm³/mol. The van der Waals surface area contributed by atoms with E-state index < -0.39 is 0 Å². The number of rotatable bonds is 6. The molecule has 0 bridgehead atoms. The second-order valence-electron chi connectivity index (χ2n) is 4.82. The van der Waals surface area contributed by atoms with Crippen LogP contribution in [0.4, 0.5) is 11.5 Å². The van der Waals surface area contributed by atoms with Crippen molar-refractivity contribution in [3.63, 3.8) is 0 Å². The third kappa shape index (κ3) is 4.21. The van der Waals surface area contributed by atoms with Crippen molar-refractivity contribution in [1.82, 2.24) is 4.98 Å². The Balaban J connectivity index is 2.17. The number of nitrogens with one attached hydrogen (secondary N) is 1. The molecular formula is C19H19N3O. The molecule has 23 heavy (non-hydrogen) atoms. The third-order valence-electron chi connectivity index (χ3n) is 3.16. The Morgan fingerprint density at radius 1 is 1.30 bits per heavy atom. The molecule has 0 aliphatic carbocycles. The van der Waals surface area contributed by atoms with E-state index in [0.29, 0.717) is 23.9 Å². The van der Waals surface area contributed by atoms with E-state index in [9.17, 15) is 0 Å². The minimum Gasteiger partial charge on any atom is -0.477 e. The number of nitrogens with zero attached hydrogens (tertiary/aromatic N) is 2. The fourth-order valence-electron chi connectivity index (χ4n) is 2.05. The highest BCUT2D eigenvalue weighted by atomic mass is 16.5. The zero-order chi connectivity index (χ0) is 16.7. The van der Waals surface area contributed by atoms with E-state index >= 15 is 0 Å². The molecule has 116 valence electrons. The van der Waals surface area contributed by atoms with Crippen LogP contribution in [0, 0.1) is 11.3 Å². The van der Waals surface area contributed by atoms with Gasteiger partial charge in [-0.1, -0.05) is 30.9 Å². The monoisotopic (exact) mass is 305 g/mol. The number of allylic oxidation sites excluding steroid dienone is 3. The Labute approximate surface area is 136 Å². The lowest BCUT2D eigenvalue weighted by molar-refractivity contribution is 0.326. The number of pyridine rings is 1. The first-order valence-electron chi connectivity index (χ1n) is 7.41. The van der Waals surface area contributed by atoms with Crippen molar-refractivity contribution in [2.45, 2.75) is 13.8 Å². The lowest BCUT2D eigenvalue weighted by atomic mass is 10.1. The summed E-state index contributed by atoms with van der Waals surface area (Å²) < 4.78 is 5.39. The van der Waals surface area contributed by atoms with Gasteiger partial charge in [0.2, 0.25) is 5.88 Å². The highest BCUT2D eigenvalue weighted by molar-refractivity contribution is 5.73. The molecule has 0 spiro atoms. The van der Waals surface area contributed by atoms with Crippen LogP contribution < -0.4 is 10.1 Å². The fraction of sp³-hybridized carbons (Fsp3) is 0.158. The molecule has 1 aromatic heterocycles. The standard InChI is InChI=1S/C19H19N3O/c1-4-6-14(3)15-7-10-17(11-8-15)21-18-12-9-16(13-20)19(22-18)23-5-2/h4,6-12H,3,5H2,1-2H3,(H,21,22)/b6-4-. The number of anilines is 2. The molecular weight excluding hydrogens is 286 g/mol. The van der Waals surface area contributed by atoms with Gasteiger partial charge in [0.05, 0.1) is 6.61 Å². The molecule has 0 aliphatic rings. The van der Waals surface area contributed by atoms with Crippen molar-refractivity contribution in [2.24, 2.45) is 0 Å². The average Bonchev–Trinajstić information content (AvgIpc) is 2.56. The smallest absolute Gasteiger partial charge is 0.233 e. The number of hydrogen-bond acceptors (Lipinski definition) is 4. The maximum absolute atomic E-state index is 9.05. The van der Waals surface area contributed by atoms with Gasteiger partial charge in [-0.05, 0) is 49.2 Å². The zero-order valence-electron chi connectivity index (χ0n) is 13.3. The quantitative estimate of drug-likeness (QED) is 0.787. The molecule has 4 heteroatoms. The number of nitriles is 1. The molecule has 1 N–H and O–H groups in total. The second-order valence-corrected chi connectivity index (χ2v) is 4.82. The first kappa shape index (κ1) is 16.3. The van der Waals surface area contributed by atoms with Gasteiger partial charge in [0.1, 0.15) is 17.5 Å². The van der Waals surface area contributed by atoms with Crippen molar-refractivity contribution in [2.75, 3.05) is 11.9 Å². The Kier molecular flexibility index (Phi) is 5.54. The predicted octanol–water partition coefficient (Wildman–Crippen LogP) is 4.68. The van der Waals surface area contributed by atoms with Crippen LogP contribution >= 0.6 is 0 Å². The SMILES string of the molecule is C=C(/C=C\C)c1ccc(Nc2ccc(C#N)c(OCC)n2)cc1. The maximum Gasteiger partial charge on any atom is 0.233 e. The van der Waals surface area contributed by atoms with Crippen molar-refractivity contribution in [3.05, 3.63) is 66.3 Å². The lowest BCUT2D eigenvalue weighted by Gasteiger charge is -2.10. The number of ether oxygens (including phenoxy) is 1. The van der Waals surface area contributed by atoms with Crippen molar-refractivity contribution < 1.29 is 4.74 Å². The number of aromatic nitrogens is 1. The summed E-state index contributed by atoms with van der Waals surface area (Å²) in [6, 6.07) is 13.4. The summed E-state index contributed by atoms with van der Waals surface area (Å²) >= 11 is 0. The number of benzene rings is 1. The number of hydrogen-bond donors (Lipinski definition) is 1. The van der Waals surface area contributed by atoms with Crippen LogP contribution in [0.2, 0.25) is 0 Å². The van der Waals surface area contributed by atoms with Crippen LogP contribution in [0.1, 0.15) is 25.0 Å². The Morgan fingerprint density at radius 3 is 2.65 bits per heavy atom. The van der Waals surface area contributed by atoms with Crippen molar-refractivity contribution in [3.8, 4) is 11.9 Å². The molecule has 2 rings (SSSR count). The van der Waals surface area contributed by atoms with E-state index in [0.717, 1.165) is 16.8 Å². The minimum atomic E-state index is 0.345. The highest BCUT2D eigenvalue weighted by Crippen LogP contribution is 2.22. The highest BCUT2D eigenvalue weighted by Gasteiger charge is 2.06. The van der Waals surface area contributed by atoms with E-state index in [-0.39, 0.29) is 0 Å². The minimum absolute atomic E-state index is 0.345. The van der Waals surface area contributed by atoms with E-state index in [4.69, 9.17) is 10.00 Å². The molecule has 0 saturated carbocycles. The van der Waals surface area contributed by atoms with Gasteiger partial charge in [-0.25, -0.2) is 0 Å². The summed E-state index contributed by atoms with van der Waals surface area (Å²) in [4.78, 5) is 4.33. The first-order chi connectivity index (χ1) is 11.2. The third-order valence-corrected chi connectivity index (χ3v) is 3.16. The van der Waals surface area contributed by atoms with Crippen LogP contribution in [0.3, 0.4) is 0 Å². The molecule has 1 heterocycles. The summed E-state index contributed by atoms with van der Waals surface area (Å²) in [5, 5.41) is 12.3. The van der Waals surface area contributed by atoms with Crippen LogP contribution in [-0.2, 0) is 0 Å². The molecule has 0 saturated heterocycles. The summed E-state index contributed by atoms with van der Waals surface area (Å²) in [5.74, 6) is 0.977. The maximum atomic E-state index is 9.05. The van der Waals surface area contributed by atoms with Gasteiger partial charge in [0.15, 0.2) is 0 Å². The molecule has 4 nitrogen and oxygen atoms in total. The molecule has 0 radical (unpaired) electrons. The van der Waals surface area contributed by atoms with Gasteiger partial charge in [0, 0.05) is 5.69 Å². The van der Waals surface area contributed by atoms with Crippen LogP contribution in [0.5, 0.6) is 5.88 Å². The van der Waals surface area contributed by atoms with E-state index in [2.05, 4.69) is 22.9 Å². The fourth-order valence-corrected chi connectivity index (χ4v) is 2.05. The van der Waals surface area contributed by atoms with Crippen molar-refractivity contribution >= 4 is 17.1 Å². The zero-order valence-corrected chi connectivity index (χ0v) is 13.3. The van der Waals surface area contributed by atoms with Gasteiger partial charge in [-0.2, -0.15) is 10.2 Å². The van der Waals surface area contributed by atoms with Gasteiger partial charge < -0.3 is 10.1 Å². The van der Waals surface area contributed by atoms with E-state index in [1.807, 2.05) is 50.3 Å². The van der Waals surface area contributed by atoms with Crippen LogP contribution in [0.25, 0.3) is 5.57 Å². The van der Waals surface area contributed by atoms with Gasteiger partial charge in [0.25, 0.3) is 0 Å². The van der Waals surface area contributed by atoms with Crippen molar-refractivity contribution in [1.29, 1.82) is 5.26 Å². The first-order valence-corrected chi connectivity index (χ1v) is 7.41. The van der Waals surface area contributed by atoms with Crippen LogP contribution in [-0.4, -0.2) is 11.6 Å². The summed E-state index contributed by atoms with van der Waals surface area (Å²) in [5.41, 5.74) is 3.36. The summed E-state index contributed by atoms with van der Waals surface area (Å²) in [6.45, 7) is 8.30. The Bertz CT molecular complexity index is 755. The molecule has 2 aromatic rings. The van der Waals surface area contributed by atoms with Crippen LogP contribution in [0.15, 0.2) is 55.1 Å². The Hall–Kier alpha value is -3.06. The lowest BCUT2D eigenvalue weighted by Crippen LogP contribution is -2.00. The molecule has 0 aliphatic heterocycles. The largest absolute Gasteiger partial charge is 0.477 e. The Morgan fingerprint density at radius 2 is 2.04 bits per heavy atom. The summed E-state index contributed by atoms with van der Waals surface area (Å²) in [7, 11) is 0. The molecule has 1 aromatic carbocycles. The normalized spacial score (nSPS) is 10.3.